The summed E-state index contributed by atoms with van der Waals surface area (Å²) in [5.41, 5.74) is 2.83. The summed E-state index contributed by atoms with van der Waals surface area (Å²) in [4.78, 5) is 12.4. The summed E-state index contributed by atoms with van der Waals surface area (Å²) in [7, 11) is 0. The van der Waals surface area contributed by atoms with E-state index in [2.05, 4.69) is 24.4 Å². The molecule has 1 unspecified atom stereocenters. The second-order valence-electron chi connectivity index (χ2n) is 5.06. The number of amides is 1. The molecule has 0 aliphatic rings. The predicted octanol–water partition coefficient (Wildman–Crippen LogP) is 4.70. The maximum Gasteiger partial charge on any atom is 0.251 e. The smallest absolute Gasteiger partial charge is 0.251 e. The lowest BCUT2D eigenvalue weighted by Crippen LogP contribution is -2.28. The van der Waals surface area contributed by atoms with Crippen molar-refractivity contribution in [2.75, 3.05) is 0 Å². The van der Waals surface area contributed by atoms with Gasteiger partial charge in [-0.2, -0.15) is 0 Å². The third-order valence-corrected chi connectivity index (χ3v) is 3.76. The lowest BCUT2D eigenvalue weighted by Gasteiger charge is -2.18. The average Bonchev–Trinajstić information content (AvgIpc) is 2.55. The highest BCUT2D eigenvalue weighted by Crippen LogP contribution is 2.19. The van der Waals surface area contributed by atoms with Gasteiger partial charge in [-0.3, -0.25) is 4.79 Å². The van der Waals surface area contributed by atoms with Gasteiger partial charge >= 0.3 is 0 Å². The van der Waals surface area contributed by atoms with Gasteiger partial charge in [-0.15, -0.1) is 11.6 Å². The van der Waals surface area contributed by atoms with Crippen LogP contribution in [0.4, 0.5) is 0 Å². The fraction of sp³-hybridized carbons (Fsp3) is 0.278. The molecule has 3 heteroatoms. The second kappa shape index (κ2) is 7.84. The van der Waals surface area contributed by atoms with E-state index < -0.39 is 0 Å². The van der Waals surface area contributed by atoms with Crippen molar-refractivity contribution in [3.63, 3.8) is 0 Å². The van der Waals surface area contributed by atoms with Crippen LogP contribution >= 0.6 is 11.6 Å². The van der Waals surface area contributed by atoms with E-state index in [4.69, 9.17) is 11.6 Å². The minimum absolute atomic E-state index is 0.0431. The summed E-state index contributed by atoms with van der Waals surface area (Å²) >= 11 is 5.76. The number of hydrogen-bond acceptors (Lipinski definition) is 1. The van der Waals surface area contributed by atoms with Crippen LogP contribution in [0.3, 0.4) is 0 Å². The van der Waals surface area contributed by atoms with E-state index in [1.807, 2.05) is 42.5 Å². The SMILES string of the molecule is CCCC(NC(=O)c1ccc(CCl)cc1)c1ccccc1. The molecule has 0 aromatic heterocycles. The van der Waals surface area contributed by atoms with Gasteiger partial charge in [-0.05, 0) is 29.7 Å². The highest BCUT2D eigenvalue weighted by molar-refractivity contribution is 6.17. The lowest BCUT2D eigenvalue weighted by atomic mass is 10.0. The molecule has 2 nitrogen and oxygen atoms in total. The van der Waals surface area contributed by atoms with Crippen molar-refractivity contribution in [2.24, 2.45) is 0 Å². The maximum atomic E-state index is 12.4. The first kappa shape index (κ1) is 15.6. The molecule has 0 aliphatic carbocycles. The summed E-state index contributed by atoms with van der Waals surface area (Å²) < 4.78 is 0. The summed E-state index contributed by atoms with van der Waals surface area (Å²) in [6.07, 6.45) is 1.94. The lowest BCUT2D eigenvalue weighted by molar-refractivity contribution is 0.0934. The van der Waals surface area contributed by atoms with Crippen molar-refractivity contribution in [3.8, 4) is 0 Å². The van der Waals surface area contributed by atoms with Gasteiger partial charge in [-0.25, -0.2) is 0 Å². The molecule has 1 amide bonds. The molecular formula is C18H20ClNO. The summed E-state index contributed by atoms with van der Waals surface area (Å²) in [5.74, 6) is 0.420. The Morgan fingerprint density at radius 3 is 2.33 bits per heavy atom. The van der Waals surface area contributed by atoms with E-state index in [1.54, 1.807) is 0 Å². The first-order chi connectivity index (χ1) is 10.2. The molecule has 21 heavy (non-hydrogen) atoms. The Labute approximate surface area is 131 Å². The zero-order valence-electron chi connectivity index (χ0n) is 12.2. The normalized spacial score (nSPS) is 11.9. The topological polar surface area (TPSA) is 29.1 Å². The predicted molar refractivity (Wildman–Crippen MR) is 87.6 cm³/mol. The Bertz CT molecular complexity index is 566. The van der Waals surface area contributed by atoms with Crippen LogP contribution in [0.1, 0.15) is 47.3 Å². The van der Waals surface area contributed by atoms with E-state index in [-0.39, 0.29) is 11.9 Å². The Morgan fingerprint density at radius 1 is 1.10 bits per heavy atom. The monoisotopic (exact) mass is 301 g/mol. The van der Waals surface area contributed by atoms with Gasteiger partial charge in [0, 0.05) is 11.4 Å². The van der Waals surface area contributed by atoms with Crippen LogP contribution in [0.5, 0.6) is 0 Å². The largest absolute Gasteiger partial charge is 0.345 e. The third-order valence-electron chi connectivity index (χ3n) is 3.46. The van der Waals surface area contributed by atoms with Crippen molar-refractivity contribution in [2.45, 2.75) is 31.7 Å². The number of nitrogens with one attached hydrogen (secondary N) is 1. The van der Waals surface area contributed by atoms with Crippen LogP contribution in [-0.4, -0.2) is 5.91 Å². The van der Waals surface area contributed by atoms with Crippen LogP contribution < -0.4 is 5.32 Å². The van der Waals surface area contributed by atoms with Gasteiger partial charge in [0.25, 0.3) is 5.91 Å². The Kier molecular flexibility index (Phi) is 5.82. The van der Waals surface area contributed by atoms with Gasteiger partial charge in [0.2, 0.25) is 0 Å². The first-order valence-electron chi connectivity index (χ1n) is 7.25. The van der Waals surface area contributed by atoms with Crippen molar-refractivity contribution < 1.29 is 4.79 Å². The van der Waals surface area contributed by atoms with Crippen LogP contribution in [0.15, 0.2) is 54.6 Å². The average molecular weight is 302 g/mol. The van der Waals surface area contributed by atoms with Crippen LogP contribution in [0.2, 0.25) is 0 Å². The number of halogens is 1. The fourth-order valence-corrected chi connectivity index (χ4v) is 2.46. The molecule has 0 spiro atoms. The van der Waals surface area contributed by atoms with Crippen LogP contribution in [-0.2, 0) is 5.88 Å². The standard InChI is InChI=1S/C18H20ClNO/c1-2-6-17(15-7-4-3-5-8-15)20-18(21)16-11-9-14(13-19)10-12-16/h3-5,7-12,17H,2,6,13H2,1H3,(H,20,21). The molecule has 0 fully saturated rings. The fourth-order valence-electron chi connectivity index (χ4n) is 2.28. The molecule has 2 rings (SSSR count). The Hall–Kier alpha value is -1.80. The number of carbonyl (C=O) groups is 1. The molecule has 0 aliphatic heterocycles. The van der Waals surface area contributed by atoms with E-state index in [0.29, 0.717) is 11.4 Å². The molecule has 1 atom stereocenters. The van der Waals surface area contributed by atoms with Gasteiger partial charge < -0.3 is 5.32 Å². The molecule has 0 saturated heterocycles. The molecular weight excluding hydrogens is 282 g/mol. The Balaban J connectivity index is 2.10. The maximum absolute atomic E-state index is 12.4. The highest BCUT2D eigenvalue weighted by atomic mass is 35.5. The van der Waals surface area contributed by atoms with Crippen LogP contribution in [0.25, 0.3) is 0 Å². The molecule has 2 aromatic rings. The molecule has 1 N–H and O–H groups in total. The molecule has 0 saturated carbocycles. The zero-order valence-corrected chi connectivity index (χ0v) is 12.9. The minimum atomic E-state index is -0.0431. The van der Waals surface area contributed by atoms with E-state index >= 15 is 0 Å². The zero-order chi connectivity index (χ0) is 15.1. The van der Waals surface area contributed by atoms with Gasteiger partial charge in [0.15, 0.2) is 0 Å². The van der Waals surface area contributed by atoms with E-state index in [1.165, 1.54) is 0 Å². The number of hydrogen-bond donors (Lipinski definition) is 1. The number of alkyl halides is 1. The highest BCUT2D eigenvalue weighted by Gasteiger charge is 2.14. The summed E-state index contributed by atoms with van der Waals surface area (Å²) in [6.45, 7) is 2.12. The molecule has 0 radical (unpaired) electrons. The third kappa shape index (κ3) is 4.33. The van der Waals surface area contributed by atoms with Crippen molar-refractivity contribution in [3.05, 3.63) is 71.3 Å². The summed E-state index contributed by atoms with van der Waals surface area (Å²) in [6, 6.07) is 17.6. The minimum Gasteiger partial charge on any atom is -0.345 e. The first-order valence-corrected chi connectivity index (χ1v) is 7.78. The molecule has 110 valence electrons. The number of benzene rings is 2. The van der Waals surface area contributed by atoms with Gasteiger partial charge in [-0.1, -0.05) is 55.8 Å². The van der Waals surface area contributed by atoms with Crippen LogP contribution in [0, 0.1) is 0 Å². The molecule has 0 bridgehead atoms. The van der Waals surface area contributed by atoms with E-state index in [0.717, 1.165) is 24.0 Å². The number of rotatable bonds is 6. The molecule has 0 heterocycles. The second-order valence-corrected chi connectivity index (χ2v) is 5.32. The van der Waals surface area contributed by atoms with Crippen molar-refractivity contribution in [1.82, 2.24) is 5.32 Å². The summed E-state index contributed by atoms with van der Waals surface area (Å²) in [5, 5.41) is 3.12. The Morgan fingerprint density at radius 2 is 1.76 bits per heavy atom. The van der Waals surface area contributed by atoms with Gasteiger partial charge in [0.05, 0.1) is 6.04 Å². The van der Waals surface area contributed by atoms with Crippen molar-refractivity contribution >= 4 is 17.5 Å². The van der Waals surface area contributed by atoms with Gasteiger partial charge in [0.1, 0.15) is 0 Å². The van der Waals surface area contributed by atoms with Crippen molar-refractivity contribution in [1.29, 1.82) is 0 Å². The number of carbonyl (C=O) groups excluding carboxylic acids is 1. The van der Waals surface area contributed by atoms with E-state index in [9.17, 15) is 4.79 Å². The molecule has 2 aromatic carbocycles. The quantitative estimate of drug-likeness (QED) is 0.770.